The molecule has 2 N–H and O–H groups in total. The highest BCUT2D eigenvalue weighted by atomic mass is 35.5. The standard InChI is InChI=1S/C9H4Cl6O4/c10-3-4(11)8(13)2(6(18)19)1(5(16)17)7(3,12)9(8,14)15/h3-4H,(H,16,17)(H,18,19). The van der Waals surface area contributed by atoms with Crippen molar-refractivity contribution in [2.75, 3.05) is 0 Å². The average Bonchev–Trinajstić information content (AvgIpc) is 2.48. The molecular formula is C9H4Cl6O4. The molecule has 0 spiro atoms. The van der Waals surface area contributed by atoms with Crippen LogP contribution in [0.25, 0.3) is 0 Å². The molecule has 0 aliphatic heterocycles. The van der Waals surface area contributed by atoms with Crippen LogP contribution in [0.2, 0.25) is 0 Å². The van der Waals surface area contributed by atoms with Crippen molar-refractivity contribution in [3.05, 3.63) is 11.1 Å². The lowest BCUT2D eigenvalue weighted by atomic mass is 9.90. The van der Waals surface area contributed by atoms with Gasteiger partial charge < -0.3 is 10.2 Å². The summed E-state index contributed by atoms with van der Waals surface area (Å²) < 4.78 is -2.18. The Labute approximate surface area is 137 Å². The van der Waals surface area contributed by atoms with E-state index in [9.17, 15) is 19.8 Å². The topological polar surface area (TPSA) is 74.6 Å². The van der Waals surface area contributed by atoms with E-state index < -0.39 is 47.9 Å². The zero-order valence-corrected chi connectivity index (χ0v) is 13.2. The molecule has 4 atom stereocenters. The number of aliphatic carboxylic acids is 2. The van der Waals surface area contributed by atoms with Gasteiger partial charge in [-0.25, -0.2) is 9.59 Å². The molecule has 1 fully saturated rings. The maximum atomic E-state index is 11.3. The Hall–Kier alpha value is 0.420. The summed E-state index contributed by atoms with van der Waals surface area (Å²) in [5.74, 6) is -3.23. The molecule has 0 aromatic heterocycles. The smallest absolute Gasteiger partial charge is 0.334 e. The van der Waals surface area contributed by atoms with E-state index in [0.717, 1.165) is 0 Å². The zero-order valence-electron chi connectivity index (χ0n) is 8.63. The van der Waals surface area contributed by atoms with Gasteiger partial charge in [0.15, 0.2) is 4.33 Å². The van der Waals surface area contributed by atoms with Crippen molar-refractivity contribution in [1.82, 2.24) is 0 Å². The maximum Gasteiger partial charge on any atom is 0.334 e. The monoisotopic (exact) mass is 386 g/mol. The predicted octanol–water partition coefficient (Wildman–Crippen LogP) is 2.82. The number of rotatable bonds is 2. The second-order valence-corrected chi connectivity index (χ2v) is 7.62. The summed E-state index contributed by atoms with van der Waals surface area (Å²) in [5, 5.41) is 15.9. The Balaban J connectivity index is 2.91. The van der Waals surface area contributed by atoms with Gasteiger partial charge in [-0.15, -0.1) is 46.4 Å². The molecule has 0 aromatic rings. The molecule has 0 amide bonds. The molecule has 2 bridgehead atoms. The Morgan fingerprint density at radius 3 is 1.32 bits per heavy atom. The van der Waals surface area contributed by atoms with Crippen molar-refractivity contribution < 1.29 is 19.8 Å². The van der Waals surface area contributed by atoms with Gasteiger partial charge in [0.05, 0.1) is 21.9 Å². The molecule has 10 heteroatoms. The molecule has 4 unspecified atom stereocenters. The first-order valence-electron chi connectivity index (χ1n) is 4.71. The third kappa shape index (κ3) is 1.46. The van der Waals surface area contributed by atoms with Crippen molar-refractivity contribution >= 4 is 81.5 Å². The molecule has 0 saturated heterocycles. The van der Waals surface area contributed by atoms with E-state index in [1.165, 1.54) is 0 Å². The summed E-state index contributed by atoms with van der Waals surface area (Å²) >= 11 is 36.4. The maximum absolute atomic E-state index is 11.3. The van der Waals surface area contributed by atoms with Crippen molar-refractivity contribution in [2.24, 2.45) is 0 Å². The molecule has 106 valence electrons. The highest BCUT2D eigenvalue weighted by Gasteiger charge is 2.84. The van der Waals surface area contributed by atoms with Crippen molar-refractivity contribution in [1.29, 1.82) is 0 Å². The molecule has 19 heavy (non-hydrogen) atoms. The number of fused-ring (bicyclic) bond motifs is 2. The summed E-state index contributed by atoms with van der Waals surface area (Å²) in [6, 6.07) is 0. The molecule has 0 aromatic carbocycles. The number of carboxylic acids is 2. The highest BCUT2D eigenvalue weighted by molar-refractivity contribution is 6.65. The van der Waals surface area contributed by atoms with Crippen LogP contribution in [0.3, 0.4) is 0 Å². The predicted molar refractivity (Wildman–Crippen MR) is 73.2 cm³/mol. The lowest BCUT2D eigenvalue weighted by Gasteiger charge is -2.32. The highest BCUT2D eigenvalue weighted by Crippen LogP contribution is 2.72. The van der Waals surface area contributed by atoms with Gasteiger partial charge in [0.25, 0.3) is 0 Å². The molecule has 2 aliphatic carbocycles. The Kier molecular flexibility index (Phi) is 3.50. The van der Waals surface area contributed by atoms with Crippen LogP contribution in [0.4, 0.5) is 0 Å². The molecule has 2 rings (SSSR count). The minimum absolute atomic E-state index is 0.737. The van der Waals surface area contributed by atoms with Gasteiger partial charge in [0, 0.05) is 0 Å². The SMILES string of the molecule is O=C(O)C1=C(C(=O)O)C2(Cl)C(Cl)C(Cl)C1(Cl)C2(Cl)Cl. The van der Waals surface area contributed by atoms with E-state index in [1.54, 1.807) is 0 Å². The molecule has 0 heterocycles. The normalized spacial score (nSPS) is 43.7. The van der Waals surface area contributed by atoms with E-state index >= 15 is 0 Å². The summed E-state index contributed by atoms with van der Waals surface area (Å²) in [5.41, 5.74) is -1.47. The molecule has 2 aliphatic rings. The van der Waals surface area contributed by atoms with E-state index in [-0.39, 0.29) is 0 Å². The first-order chi connectivity index (χ1) is 8.45. The van der Waals surface area contributed by atoms with Crippen molar-refractivity contribution in [3.63, 3.8) is 0 Å². The van der Waals surface area contributed by atoms with Crippen LogP contribution < -0.4 is 0 Å². The zero-order chi connectivity index (χ0) is 15.0. The first kappa shape index (κ1) is 15.8. The summed E-state index contributed by atoms with van der Waals surface area (Å²) in [6.45, 7) is 0. The van der Waals surface area contributed by atoms with Crippen LogP contribution in [-0.2, 0) is 9.59 Å². The third-order valence-electron chi connectivity index (χ3n) is 3.34. The largest absolute Gasteiger partial charge is 0.478 e. The van der Waals surface area contributed by atoms with Crippen LogP contribution in [0.5, 0.6) is 0 Å². The van der Waals surface area contributed by atoms with Crippen molar-refractivity contribution in [2.45, 2.75) is 24.8 Å². The average molecular weight is 389 g/mol. The van der Waals surface area contributed by atoms with E-state index in [4.69, 9.17) is 69.6 Å². The van der Waals surface area contributed by atoms with Gasteiger partial charge in [-0.05, 0) is 0 Å². The Bertz CT molecular complexity index is 487. The minimum Gasteiger partial charge on any atom is -0.478 e. The Morgan fingerprint density at radius 2 is 1.11 bits per heavy atom. The van der Waals surface area contributed by atoms with E-state index in [0.29, 0.717) is 0 Å². The van der Waals surface area contributed by atoms with Gasteiger partial charge in [0.1, 0.15) is 9.75 Å². The number of hydrogen-bond acceptors (Lipinski definition) is 2. The van der Waals surface area contributed by atoms with Crippen LogP contribution >= 0.6 is 69.6 Å². The van der Waals surface area contributed by atoms with Gasteiger partial charge in [-0.3, -0.25) is 0 Å². The van der Waals surface area contributed by atoms with Gasteiger partial charge >= 0.3 is 11.9 Å². The summed E-state index contributed by atoms with van der Waals surface area (Å²) in [4.78, 5) is 18.4. The third-order valence-corrected chi connectivity index (χ3v) is 7.84. The lowest BCUT2D eigenvalue weighted by Crippen LogP contribution is -2.46. The Morgan fingerprint density at radius 1 is 0.842 bits per heavy atom. The van der Waals surface area contributed by atoms with E-state index in [1.807, 2.05) is 0 Å². The van der Waals surface area contributed by atoms with Crippen LogP contribution in [0.1, 0.15) is 0 Å². The van der Waals surface area contributed by atoms with Crippen molar-refractivity contribution in [3.8, 4) is 0 Å². The number of halogens is 6. The molecule has 4 nitrogen and oxygen atoms in total. The quantitative estimate of drug-likeness (QED) is 0.713. The molecule has 1 saturated carbocycles. The second-order valence-electron chi connectivity index (χ2n) is 4.16. The summed E-state index contributed by atoms with van der Waals surface area (Å²) in [6.07, 6.45) is 0. The number of carbonyl (C=O) groups is 2. The van der Waals surface area contributed by atoms with E-state index in [2.05, 4.69) is 0 Å². The van der Waals surface area contributed by atoms with Crippen LogP contribution in [0, 0.1) is 0 Å². The fraction of sp³-hybridized carbons (Fsp3) is 0.556. The van der Waals surface area contributed by atoms with Gasteiger partial charge in [-0.2, -0.15) is 0 Å². The first-order valence-corrected chi connectivity index (χ1v) is 7.09. The fourth-order valence-electron chi connectivity index (χ4n) is 2.49. The molecule has 0 radical (unpaired) electrons. The number of hydrogen-bond donors (Lipinski definition) is 2. The molecular weight excluding hydrogens is 385 g/mol. The van der Waals surface area contributed by atoms with Gasteiger partial charge in [-0.1, -0.05) is 23.2 Å². The fourth-order valence-corrected chi connectivity index (χ4v) is 5.57. The second kappa shape index (κ2) is 4.21. The lowest BCUT2D eigenvalue weighted by molar-refractivity contribution is -0.136. The summed E-state index contributed by atoms with van der Waals surface area (Å²) in [7, 11) is 0. The van der Waals surface area contributed by atoms with Gasteiger partial charge in [0.2, 0.25) is 0 Å². The van der Waals surface area contributed by atoms with Crippen LogP contribution in [0.15, 0.2) is 11.1 Å². The minimum atomic E-state index is -2.18. The number of carboxylic acid groups (broad SMARTS) is 2. The number of alkyl halides is 6. The van der Waals surface area contributed by atoms with Crippen LogP contribution in [-0.4, -0.2) is 47.0 Å².